The molecular weight excluding hydrogens is 264 g/mol. The van der Waals surface area contributed by atoms with Gasteiger partial charge in [0.25, 0.3) is 5.91 Å². The zero-order valence-corrected chi connectivity index (χ0v) is 11.5. The van der Waals surface area contributed by atoms with Gasteiger partial charge >= 0.3 is 0 Å². The Morgan fingerprint density at radius 1 is 1.40 bits per heavy atom. The molecular formula is C14H19F2N3O. The van der Waals surface area contributed by atoms with Crippen LogP contribution in [0.15, 0.2) is 12.1 Å². The topological polar surface area (TPSA) is 58.4 Å². The van der Waals surface area contributed by atoms with Crippen LogP contribution in [0.5, 0.6) is 0 Å². The molecule has 1 aliphatic heterocycles. The maximum Gasteiger partial charge on any atom is 0.254 e. The number of nitrogens with two attached hydrogens (primary N) is 1. The molecule has 1 fully saturated rings. The number of hydrazine groups is 1. The number of amides is 1. The van der Waals surface area contributed by atoms with Crippen LogP contribution < -0.4 is 11.3 Å². The second-order valence-corrected chi connectivity index (χ2v) is 5.02. The summed E-state index contributed by atoms with van der Waals surface area (Å²) in [6.45, 7) is 2.65. The second kappa shape index (κ2) is 6.17. The van der Waals surface area contributed by atoms with E-state index in [9.17, 15) is 13.6 Å². The SMILES string of the molecule is CCC1CCCCN1C(=O)c1cc(F)c(NN)c(F)c1. The Hall–Kier alpha value is -1.69. The van der Waals surface area contributed by atoms with Gasteiger partial charge in [0.2, 0.25) is 0 Å². The van der Waals surface area contributed by atoms with Gasteiger partial charge in [-0.25, -0.2) is 8.78 Å². The first kappa shape index (κ1) is 14.7. The van der Waals surface area contributed by atoms with Gasteiger partial charge in [0, 0.05) is 18.2 Å². The van der Waals surface area contributed by atoms with Crippen LogP contribution in [0.1, 0.15) is 43.0 Å². The Balaban J connectivity index is 2.28. The lowest BCUT2D eigenvalue weighted by Crippen LogP contribution is -2.43. The van der Waals surface area contributed by atoms with E-state index in [1.807, 2.05) is 12.3 Å². The molecule has 6 heteroatoms. The number of nitrogen functional groups attached to an aromatic ring is 1. The van der Waals surface area contributed by atoms with Crippen LogP contribution in [0.3, 0.4) is 0 Å². The number of nitrogens with one attached hydrogen (secondary N) is 1. The Morgan fingerprint density at radius 3 is 2.60 bits per heavy atom. The Kier molecular flexibility index (Phi) is 4.54. The summed E-state index contributed by atoms with van der Waals surface area (Å²) in [7, 11) is 0. The molecule has 1 heterocycles. The van der Waals surface area contributed by atoms with Crippen LogP contribution in [-0.2, 0) is 0 Å². The van der Waals surface area contributed by atoms with Crippen LogP contribution in [0.2, 0.25) is 0 Å². The highest BCUT2D eigenvalue weighted by molar-refractivity contribution is 5.95. The monoisotopic (exact) mass is 283 g/mol. The number of anilines is 1. The lowest BCUT2D eigenvalue weighted by atomic mass is 9.98. The Morgan fingerprint density at radius 2 is 2.05 bits per heavy atom. The second-order valence-electron chi connectivity index (χ2n) is 5.02. The standard InChI is InChI=1S/C14H19F2N3O/c1-2-10-5-3-4-6-19(10)14(20)9-7-11(15)13(18-17)12(16)8-9/h7-8,10,18H,2-6,17H2,1H3. The van der Waals surface area contributed by atoms with E-state index >= 15 is 0 Å². The number of benzene rings is 1. The molecule has 0 spiro atoms. The fourth-order valence-electron chi connectivity index (χ4n) is 2.69. The third-order valence-electron chi connectivity index (χ3n) is 3.79. The fourth-order valence-corrected chi connectivity index (χ4v) is 2.69. The molecule has 1 aromatic carbocycles. The van der Waals surface area contributed by atoms with Crippen molar-refractivity contribution in [3.8, 4) is 0 Å². The highest BCUT2D eigenvalue weighted by Gasteiger charge is 2.27. The summed E-state index contributed by atoms with van der Waals surface area (Å²) in [6, 6.07) is 2.21. The lowest BCUT2D eigenvalue weighted by Gasteiger charge is -2.35. The van der Waals surface area contributed by atoms with E-state index in [0.29, 0.717) is 6.54 Å². The zero-order chi connectivity index (χ0) is 14.7. The molecule has 20 heavy (non-hydrogen) atoms. The number of carbonyl (C=O) groups excluding carboxylic acids is 1. The zero-order valence-electron chi connectivity index (χ0n) is 11.5. The Bertz CT molecular complexity index is 484. The van der Waals surface area contributed by atoms with Crippen LogP contribution >= 0.6 is 0 Å². The summed E-state index contributed by atoms with van der Waals surface area (Å²) in [5.74, 6) is 3.00. The first-order chi connectivity index (χ1) is 9.58. The van der Waals surface area contributed by atoms with Crippen molar-refractivity contribution in [2.45, 2.75) is 38.6 Å². The summed E-state index contributed by atoms with van der Waals surface area (Å²) in [6.07, 6.45) is 3.80. The van der Waals surface area contributed by atoms with Crippen molar-refractivity contribution in [1.82, 2.24) is 4.90 Å². The number of rotatable bonds is 3. The molecule has 110 valence electrons. The summed E-state index contributed by atoms with van der Waals surface area (Å²) in [5.41, 5.74) is 1.56. The molecule has 1 unspecified atom stereocenters. The van der Waals surface area contributed by atoms with E-state index in [2.05, 4.69) is 0 Å². The molecule has 4 nitrogen and oxygen atoms in total. The van der Waals surface area contributed by atoms with Crippen molar-refractivity contribution >= 4 is 11.6 Å². The molecule has 1 aliphatic rings. The molecule has 1 amide bonds. The van der Waals surface area contributed by atoms with Crippen molar-refractivity contribution in [2.75, 3.05) is 12.0 Å². The molecule has 0 aliphatic carbocycles. The van der Waals surface area contributed by atoms with Gasteiger partial charge < -0.3 is 10.3 Å². The number of likely N-dealkylation sites (tertiary alicyclic amines) is 1. The average molecular weight is 283 g/mol. The van der Waals surface area contributed by atoms with E-state index in [4.69, 9.17) is 5.84 Å². The normalized spacial score (nSPS) is 19.0. The predicted molar refractivity (Wildman–Crippen MR) is 73.1 cm³/mol. The smallest absolute Gasteiger partial charge is 0.254 e. The number of hydrogen-bond donors (Lipinski definition) is 2. The van der Waals surface area contributed by atoms with E-state index in [1.165, 1.54) is 0 Å². The Labute approximate surface area is 116 Å². The third kappa shape index (κ3) is 2.75. The number of halogens is 2. The highest BCUT2D eigenvalue weighted by atomic mass is 19.1. The number of carbonyl (C=O) groups is 1. The third-order valence-corrected chi connectivity index (χ3v) is 3.79. The van der Waals surface area contributed by atoms with Gasteiger partial charge in [-0.05, 0) is 37.8 Å². The van der Waals surface area contributed by atoms with Gasteiger partial charge in [-0.2, -0.15) is 0 Å². The van der Waals surface area contributed by atoms with Crippen molar-refractivity contribution in [2.24, 2.45) is 5.84 Å². The quantitative estimate of drug-likeness (QED) is 0.662. The molecule has 1 aromatic rings. The first-order valence-electron chi connectivity index (χ1n) is 6.85. The van der Waals surface area contributed by atoms with E-state index < -0.39 is 17.3 Å². The maximum atomic E-state index is 13.7. The predicted octanol–water partition coefficient (Wildman–Crippen LogP) is 2.66. The fraction of sp³-hybridized carbons (Fsp3) is 0.500. The molecule has 0 bridgehead atoms. The molecule has 1 saturated heterocycles. The van der Waals surface area contributed by atoms with Gasteiger partial charge in [-0.15, -0.1) is 0 Å². The van der Waals surface area contributed by atoms with Crippen molar-refractivity contribution in [1.29, 1.82) is 0 Å². The summed E-state index contributed by atoms with van der Waals surface area (Å²) in [5, 5.41) is 0. The van der Waals surface area contributed by atoms with Crippen LogP contribution in [0.4, 0.5) is 14.5 Å². The molecule has 0 aromatic heterocycles. The minimum atomic E-state index is -0.860. The number of nitrogens with zero attached hydrogens (tertiary/aromatic N) is 1. The largest absolute Gasteiger partial charge is 0.336 e. The summed E-state index contributed by atoms with van der Waals surface area (Å²) in [4.78, 5) is 14.1. The lowest BCUT2D eigenvalue weighted by molar-refractivity contribution is 0.0607. The molecule has 0 radical (unpaired) electrons. The van der Waals surface area contributed by atoms with Crippen molar-refractivity contribution in [3.63, 3.8) is 0 Å². The molecule has 2 rings (SSSR count). The van der Waals surface area contributed by atoms with Gasteiger partial charge in [0.15, 0.2) is 11.6 Å². The molecule has 3 N–H and O–H groups in total. The van der Waals surface area contributed by atoms with Gasteiger partial charge in [0.1, 0.15) is 5.69 Å². The van der Waals surface area contributed by atoms with Crippen LogP contribution in [-0.4, -0.2) is 23.4 Å². The van der Waals surface area contributed by atoms with E-state index in [1.54, 1.807) is 4.90 Å². The van der Waals surface area contributed by atoms with E-state index in [-0.39, 0.29) is 17.5 Å². The molecule has 1 atom stereocenters. The van der Waals surface area contributed by atoms with Gasteiger partial charge in [-0.3, -0.25) is 10.6 Å². The number of piperidine rings is 1. The summed E-state index contributed by atoms with van der Waals surface area (Å²) >= 11 is 0. The maximum absolute atomic E-state index is 13.7. The van der Waals surface area contributed by atoms with Crippen LogP contribution in [0.25, 0.3) is 0 Å². The average Bonchev–Trinajstić information content (AvgIpc) is 2.46. The molecule has 0 saturated carbocycles. The minimum absolute atomic E-state index is 0.0272. The highest BCUT2D eigenvalue weighted by Crippen LogP contribution is 2.25. The van der Waals surface area contributed by atoms with Gasteiger partial charge in [0.05, 0.1) is 0 Å². The first-order valence-corrected chi connectivity index (χ1v) is 6.85. The summed E-state index contributed by atoms with van der Waals surface area (Å²) < 4.78 is 27.3. The number of hydrogen-bond acceptors (Lipinski definition) is 3. The van der Waals surface area contributed by atoms with Gasteiger partial charge in [-0.1, -0.05) is 6.92 Å². The van der Waals surface area contributed by atoms with Crippen molar-refractivity contribution < 1.29 is 13.6 Å². The minimum Gasteiger partial charge on any atom is -0.336 e. The van der Waals surface area contributed by atoms with E-state index in [0.717, 1.165) is 37.8 Å². The van der Waals surface area contributed by atoms with Crippen LogP contribution in [0, 0.1) is 11.6 Å². The van der Waals surface area contributed by atoms with Crippen molar-refractivity contribution in [3.05, 3.63) is 29.3 Å².